The predicted octanol–water partition coefficient (Wildman–Crippen LogP) is 3.39. The molecule has 1 saturated heterocycles. The van der Waals surface area contributed by atoms with Crippen LogP contribution in [0.3, 0.4) is 0 Å². The van der Waals surface area contributed by atoms with E-state index in [1.165, 1.54) is 10.9 Å². The molecule has 1 aromatic carbocycles. The maximum atomic E-state index is 13.6. The average Bonchev–Trinajstić information content (AvgIpc) is 3.35. The Morgan fingerprint density at radius 2 is 2.00 bits per heavy atom. The van der Waals surface area contributed by atoms with Gasteiger partial charge in [-0.1, -0.05) is 26.0 Å². The molecule has 1 atom stereocenters. The Morgan fingerprint density at radius 3 is 2.64 bits per heavy atom. The van der Waals surface area contributed by atoms with E-state index in [0.717, 1.165) is 10.5 Å². The van der Waals surface area contributed by atoms with Crippen LogP contribution in [0.5, 0.6) is 0 Å². The molecular formula is C23H25BrF2N6O4. The van der Waals surface area contributed by atoms with Gasteiger partial charge in [0.05, 0.1) is 44.1 Å². The second-order valence-corrected chi connectivity index (χ2v) is 9.48. The van der Waals surface area contributed by atoms with Gasteiger partial charge in [-0.2, -0.15) is 10.4 Å². The van der Waals surface area contributed by atoms with Gasteiger partial charge in [-0.05, 0) is 39.5 Å². The number of alkyl halides is 2. The standard InChI is InChI=1S/C23H25BrF2N6O4/c1-14(2)12-36-22(35)30-16-5-3-15(4-6-16)11-32-20(24)18(9-29-32)21(34)28-10-19(33)31-13-23(25,26)7-17(31)8-27/h3-6,9,14,17H,7,10-13H2,1-2H3,(H,28,34)(H,30,35)/t17-/m0/s1. The number of nitriles is 1. The third-order valence-corrected chi connectivity index (χ3v) is 6.08. The zero-order valence-electron chi connectivity index (χ0n) is 19.6. The molecule has 1 aliphatic heterocycles. The fourth-order valence-corrected chi connectivity index (χ4v) is 3.94. The second-order valence-electron chi connectivity index (χ2n) is 8.73. The van der Waals surface area contributed by atoms with Gasteiger partial charge >= 0.3 is 6.09 Å². The van der Waals surface area contributed by atoms with Crippen LogP contribution in [0.1, 0.15) is 36.2 Å². The summed E-state index contributed by atoms with van der Waals surface area (Å²) >= 11 is 3.32. The maximum absolute atomic E-state index is 13.6. The van der Waals surface area contributed by atoms with Crippen molar-refractivity contribution in [3.63, 3.8) is 0 Å². The van der Waals surface area contributed by atoms with E-state index in [0.29, 0.717) is 23.4 Å². The van der Waals surface area contributed by atoms with Crippen molar-refractivity contribution in [2.24, 2.45) is 5.92 Å². The van der Waals surface area contributed by atoms with Crippen molar-refractivity contribution in [1.29, 1.82) is 5.26 Å². The lowest BCUT2D eigenvalue weighted by molar-refractivity contribution is -0.131. The fraction of sp³-hybridized carbons (Fsp3) is 0.435. The van der Waals surface area contributed by atoms with Gasteiger partial charge in [0.2, 0.25) is 5.91 Å². The highest BCUT2D eigenvalue weighted by Gasteiger charge is 2.47. The molecule has 0 aliphatic carbocycles. The number of carbonyl (C=O) groups is 3. The summed E-state index contributed by atoms with van der Waals surface area (Å²) in [4.78, 5) is 37.4. The monoisotopic (exact) mass is 566 g/mol. The number of carbonyl (C=O) groups excluding carboxylic acids is 3. The number of hydrogen-bond acceptors (Lipinski definition) is 6. The van der Waals surface area contributed by atoms with Crippen molar-refractivity contribution in [2.75, 3.05) is 25.0 Å². The van der Waals surface area contributed by atoms with E-state index in [9.17, 15) is 23.2 Å². The highest BCUT2D eigenvalue weighted by molar-refractivity contribution is 9.10. The molecule has 1 aliphatic rings. The molecule has 10 nitrogen and oxygen atoms in total. The van der Waals surface area contributed by atoms with Crippen LogP contribution in [0.4, 0.5) is 19.3 Å². The molecule has 2 heterocycles. The quantitative estimate of drug-likeness (QED) is 0.503. The van der Waals surface area contributed by atoms with Crippen molar-refractivity contribution in [2.45, 2.75) is 38.8 Å². The summed E-state index contributed by atoms with van der Waals surface area (Å²) in [6.07, 6.45) is 0.0509. The van der Waals surface area contributed by atoms with Gasteiger partial charge in [0.25, 0.3) is 11.8 Å². The van der Waals surface area contributed by atoms with Gasteiger partial charge < -0.3 is 15.0 Å². The van der Waals surface area contributed by atoms with Crippen molar-refractivity contribution in [1.82, 2.24) is 20.0 Å². The zero-order chi connectivity index (χ0) is 26.5. The minimum absolute atomic E-state index is 0.151. The zero-order valence-corrected chi connectivity index (χ0v) is 21.2. The fourth-order valence-electron chi connectivity index (χ4n) is 3.44. The molecular weight excluding hydrogens is 542 g/mol. The molecule has 3 rings (SSSR count). The summed E-state index contributed by atoms with van der Waals surface area (Å²) in [5.41, 5.74) is 1.54. The lowest BCUT2D eigenvalue weighted by Crippen LogP contribution is -2.43. The van der Waals surface area contributed by atoms with Crippen molar-refractivity contribution < 1.29 is 27.9 Å². The smallest absolute Gasteiger partial charge is 0.411 e. The predicted molar refractivity (Wildman–Crippen MR) is 128 cm³/mol. The Bertz CT molecular complexity index is 1160. The Kier molecular flexibility index (Phi) is 8.62. The van der Waals surface area contributed by atoms with Crippen LogP contribution < -0.4 is 10.6 Å². The third-order valence-electron chi connectivity index (χ3n) is 5.24. The van der Waals surface area contributed by atoms with Crippen LogP contribution in [-0.2, 0) is 16.1 Å². The summed E-state index contributed by atoms with van der Waals surface area (Å²) in [6.45, 7) is 3.11. The largest absolute Gasteiger partial charge is 0.449 e. The van der Waals surface area contributed by atoms with Crippen LogP contribution in [-0.4, -0.2) is 64.2 Å². The number of hydrogen-bond donors (Lipinski definition) is 2. The van der Waals surface area contributed by atoms with Gasteiger partial charge in [0, 0.05) is 12.1 Å². The number of nitrogens with zero attached hydrogens (tertiary/aromatic N) is 4. The number of halogens is 3. The number of aromatic nitrogens is 2. The highest BCUT2D eigenvalue weighted by Crippen LogP contribution is 2.31. The summed E-state index contributed by atoms with van der Waals surface area (Å²) in [6, 6.07) is 7.44. The molecule has 192 valence electrons. The van der Waals surface area contributed by atoms with Gasteiger partial charge in [-0.15, -0.1) is 0 Å². The SMILES string of the molecule is CC(C)COC(=O)Nc1ccc(Cn2ncc(C(=O)NCC(=O)N3CC(F)(F)C[C@H]3C#N)c2Br)cc1. The minimum Gasteiger partial charge on any atom is -0.449 e. The molecule has 0 unspecified atom stereocenters. The van der Waals surface area contributed by atoms with Gasteiger partial charge in [0.15, 0.2) is 0 Å². The number of ether oxygens (including phenoxy) is 1. The first kappa shape index (κ1) is 27.1. The molecule has 13 heteroatoms. The second kappa shape index (κ2) is 11.5. The summed E-state index contributed by atoms with van der Waals surface area (Å²) < 4.78 is 34.1. The first-order valence-corrected chi connectivity index (χ1v) is 11.9. The van der Waals surface area contributed by atoms with Crippen LogP contribution in [0.25, 0.3) is 0 Å². The topological polar surface area (TPSA) is 129 Å². The van der Waals surface area contributed by atoms with E-state index < -0.39 is 49.4 Å². The molecule has 3 amide bonds. The first-order chi connectivity index (χ1) is 17.0. The van der Waals surface area contributed by atoms with Crippen molar-refractivity contribution in [3.05, 3.63) is 46.2 Å². The normalized spacial score (nSPS) is 16.5. The summed E-state index contributed by atoms with van der Waals surface area (Å²) in [7, 11) is 0. The average molecular weight is 567 g/mol. The van der Waals surface area contributed by atoms with Crippen molar-refractivity contribution >= 4 is 39.5 Å². The number of rotatable bonds is 8. The summed E-state index contributed by atoms with van der Waals surface area (Å²) in [5.74, 6) is -4.29. The number of nitrogens with one attached hydrogen (secondary N) is 2. The third kappa shape index (κ3) is 7.00. The Morgan fingerprint density at radius 1 is 1.31 bits per heavy atom. The number of amides is 3. The molecule has 2 aromatic rings. The van der Waals surface area contributed by atoms with Crippen LogP contribution >= 0.6 is 15.9 Å². The van der Waals surface area contributed by atoms with E-state index in [4.69, 9.17) is 10.00 Å². The highest BCUT2D eigenvalue weighted by atomic mass is 79.9. The molecule has 1 aromatic heterocycles. The maximum Gasteiger partial charge on any atom is 0.411 e. The van der Waals surface area contributed by atoms with E-state index in [-0.39, 0.29) is 11.5 Å². The van der Waals surface area contributed by atoms with Crippen molar-refractivity contribution in [3.8, 4) is 6.07 Å². The van der Waals surface area contributed by atoms with Gasteiger partial charge in [-0.3, -0.25) is 19.6 Å². The summed E-state index contributed by atoms with van der Waals surface area (Å²) in [5, 5.41) is 18.2. The lowest BCUT2D eigenvalue weighted by Gasteiger charge is -2.19. The molecule has 0 bridgehead atoms. The molecule has 0 saturated carbocycles. The van der Waals surface area contributed by atoms with E-state index in [1.807, 2.05) is 13.8 Å². The molecule has 2 N–H and O–H groups in total. The Hall–Kier alpha value is -3.53. The molecule has 1 fully saturated rings. The van der Waals surface area contributed by atoms with E-state index >= 15 is 0 Å². The van der Waals surface area contributed by atoms with Crippen LogP contribution in [0.15, 0.2) is 35.1 Å². The molecule has 0 spiro atoms. The Balaban J connectivity index is 1.55. The van der Waals surface area contributed by atoms with E-state index in [1.54, 1.807) is 30.3 Å². The van der Waals surface area contributed by atoms with Gasteiger partial charge in [0.1, 0.15) is 10.6 Å². The molecule has 0 radical (unpaired) electrons. The number of benzene rings is 1. The van der Waals surface area contributed by atoms with Crippen LogP contribution in [0.2, 0.25) is 0 Å². The minimum atomic E-state index is -3.13. The number of anilines is 1. The van der Waals surface area contributed by atoms with Gasteiger partial charge in [-0.25, -0.2) is 13.6 Å². The van der Waals surface area contributed by atoms with Crippen LogP contribution in [0, 0.1) is 17.2 Å². The first-order valence-electron chi connectivity index (χ1n) is 11.1. The number of likely N-dealkylation sites (tertiary alicyclic amines) is 1. The lowest BCUT2D eigenvalue weighted by atomic mass is 10.2. The molecule has 36 heavy (non-hydrogen) atoms. The van der Waals surface area contributed by atoms with E-state index in [2.05, 4.69) is 31.7 Å². The Labute approximate surface area is 214 Å².